The van der Waals surface area contributed by atoms with Gasteiger partial charge in [-0.3, -0.25) is 24.0 Å². The molecule has 6 rings (SSSR count). The SMILES string of the molecule is CC[C@@H]1C[C@]1(NC(=O)[C@@H]1C[C@@H]2CN1C(=O)[C@H](C(C)(C)C)NC(=O)OCC(C)(C)CCC=Cc1cccc3c1CN(C3)C(=O)O2)C(=O)NS(=O)(=O)C1CC1. The fraction of sp³-hybridized carbons (Fsp3) is 0.658. The lowest BCUT2D eigenvalue weighted by molar-refractivity contribution is -0.143. The number of rotatable bonds is 6. The third kappa shape index (κ3) is 8.34. The van der Waals surface area contributed by atoms with Crippen LogP contribution in [0.1, 0.15) is 103 Å². The molecule has 2 saturated carbocycles. The van der Waals surface area contributed by atoms with Crippen LogP contribution in [-0.2, 0) is 47.0 Å². The molecule has 0 unspecified atom stereocenters. The third-order valence-electron chi connectivity index (χ3n) is 11.2. The van der Waals surface area contributed by atoms with Gasteiger partial charge in [0.2, 0.25) is 21.8 Å². The summed E-state index contributed by atoms with van der Waals surface area (Å²) in [5.74, 6) is -2.36. The number of allylic oxidation sites excluding steroid dienone is 1. The lowest BCUT2D eigenvalue weighted by atomic mass is 9.85. The second-order valence-electron chi connectivity index (χ2n) is 17.2. The third-order valence-corrected chi connectivity index (χ3v) is 13.0. The van der Waals surface area contributed by atoms with E-state index >= 15 is 0 Å². The Morgan fingerprint density at radius 1 is 1.09 bits per heavy atom. The van der Waals surface area contributed by atoms with E-state index in [0.29, 0.717) is 32.4 Å². The fourth-order valence-corrected chi connectivity index (χ4v) is 8.98. The highest BCUT2D eigenvalue weighted by Crippen LogP contribution is 2.47. The number of carbonyl (C=O) groups excluding carboxylic acids is 5. The normalized spacial score (nSPS) is 29.1. The highest BCUT2D eigenvalue weighted by Gasteiger charge is 2.62. The van der Waals surface area contributed by atoms with Crippen molar-refractivity contribution in [1.29, 1.82) is 0 Å². The molecule has 0 aromatic heterocycles. The zero-order valence-corrected chi connectivity index (χ0v) is 32.3. The second-order valence-corrected chi connectivity index (χ2v) is 19.1. The van der Waals surface area contributed by atoms with Crippen LogP contribution >= 0.6 is 0 Å². The van der Waals surface area contributed by atoms with Gasteiger partial charge in [0.25, 0.3) is 5.91 Å². The highest BCUT2D eigenvalue weighted by molar-refractivity contribution is 7.91. The number of fused-ring (bicyclic) bond motifs is 3. The van der Waals surface area contributed by atoms with Crippen molar-refractivity contribution in [3.05, 3.63) is 41.0 Å². The summed E-state index contributed by atoms with van der Waals surface area (Å²) in [6.07, 6.45) is 4.94. The Balaban J connectivity index is 1.29. The van der Waals surface area contributed by atoms with E-state index in [9.17, 15) is 32.4 Å². The predicted octanol–water partition coefficient (Wildman–Crippen LogP) is 3.98. The molecule has 1 saturated heterocycles. The monoisotopic (exact) mass is 755 g/mol. The van der Waals surface area contributed by atoms with Gasteiger partial charge in [0.15, 0.2) is 0 Å². The zero-order chi connectivity index (χ0) is 38.5. The molecule has 5 amide bonds. The number of nitrogens with zero attached hydrogens (tertiary/aromatic N) is 2. The van der Waals surface area contributed by atoms with Crippen molar-refractivity contribution in [3.63, 3.8) is 0 Å². The summed E-state index contributed by atoms with van der Waals surface area (Å²) in [7, 11) is -3.88. The van der Waals surface area contributed by atoms with Crippen LogP contribution in [0.15, 0.2) is 24.3 Å². The molecule has 4 bridgehead atoms. The smallest absolute Gasteiger partial charge is 0.410 e. The van der Waals surface area contributed by atoms with Crippen molar-refractivity contribution in [3.8, 4) is 0 Å². The summed E-state index contributed by atoms with van der Waals surface area (Å²) in [6.45, 7) is 11.8. The van der Waals surface area contributed by atoms with Crippen molar-refractivity contribution >= 4 is 46.0 Å². The average Bonchev–Trinajstić information content (AvgIpc) is 3.97. The molecule has 3 N–H and O–H groups in total. The Morgan fingerprint density at radius 3 is 2.49 bits per heavy atom. The number of amides is 5. The van der Waals surface area contributed by atoms with E-state index in [0.717, 1.165) is 29.5 Å². The molecule has 5 atom stereocenters. The van der Waals surface area contributed by atoms with Gasteiger partial charge in [0.1, 0.15) is 23.7 Å². The van der Waals surface area contributed by atoms with E-state index in [2.05, 4.69) is 21.4 Å². The van der Waals surface area contributed by atoms with Crippen molar-refractivity contribution in [2.75, 3.05) is 13.2 Å². The summed E-state index contributed by atoms with van der Waals surface area (Å²) in [5.41, 5.74) is 0.357. The number of cyclic esters (lactones) is 1. The predicted molar refractivity (Wildman–Crippen MR) is 195 cm³/mol. The van der Waals surface area contributed by atoms with Crippen LogP contribution in [0.4, 0.5) is 9.59 Å². The van der Waals surface area contributed by atoms with Crippen molar-refractivity contribution in [2.24, 2.45) is 16.7 Å². The Labute approximate surface area is 311 Å². The minimum absolute atomic E-state index is 0.0670. The van der Waals surface area contributed by atoms with Gasteiger partial charge in [0, 0.05) is 13.0 Å². The van der Waals surface area contributed by atoms with Crippen LogP contribution in [0.2, 0.25) is 0 Å². The number of nitrogens with one attached hydrogen (secondary N) is 3. The van der Waals surface area contributed by atoms with Crippen LogP contribution < -0.4 is 15.4 Å². The van der Waals surface area contributed by atoms with Gasteiger partial charge in [0.05, 0.1) is 24.9 Å². The number of ether oxygens (including phenoxy) is 2. The fourth-order valence-electron chi connectivity index (χ4n) is 7.61. The van der Waals surface area contributed by atoms with E-state index < -0.39 is 74.3 Å². The van der Waals surface area contributed by atoms with Gasteiger partial charge in [-0.05, 0) is 65.5 Å². The van der Waals surface area contributed by atoms with Gasteiger partial charge in [-0.2, -0.15) is 0 Å². The second kappa shape index (κ2) is 14.3. The topological polar surface area (TPSA) is 181 Å². The number of benzene rings is 1. The molecule has 15 heteroatoms. The number of hydrogen-bond donors (Lipinski definition) is 3. The standard InChI is InChI=1S/C38H53N5O9S/c1-7-25-18-38(25,33(46)41-53(49,50)27-14-15-27)40-31(44)29-17-26-20-43(29)32(45)30(36(2,3)4)39-34(47)51-22-37(5,6)16-9-8-11-23-12-10-13-24-19-42(21-28(23)24)35(48)52-26/h8,10-13,25-27,29-30H,7,9,14-22H2,1-6H3,(H,39,47)(H,40,44)(H,41,46)/t25-,26-,29+,30-,38-/m1/s1. The highest BCUT2D eigenvalue weighted by atomic mass is 32.2. The van der Waals surface area contributed by atoms with Gasteiger partial charge in [-0.1, -0.05) is 78.3 Å². The van der Waals surface area contributed by atoms with E-state index in [1.54, 1.807) is 25.7 Å². The quantitative estimate of drug-likeness (QED) is 0.387. The first-order chi connectivity index (χ1) is 24.8. The Bertz CT molecular complexity index is 1800. The maximum atomic E-state index is 14.5. The average molecular weight is 756 g/mol. The van der Waals surface area contributed by atoms with E-state index in [1.807, 2.05) is 45.0 Å². The first-order valence-electron chi connectivity index (χ1n) is 18.7. The maximum Gasteiger partial charge on any atom is 0.410 e. The number of hydrogen-bond acceptors (Lipinski definition) is 9. The van der Waals surface area contributed by atoms with Gasteiger partial charge >= 0.3 is 12.2 Å². The maximum absolute atomic E-state index is 14.5. The zero-order valence-electron chi connectivity index (χ0n) is 31.5. The van der Waals surface area contributed by atoms with Crippen molar-refractivity contribution in [2.45, 2.75) is 129 Å². The molecule has 290 valence electrons. The van der Waals surface area contributed by atoms with Gasteiger partial charge < -0.3 is 25.0 Å². The molecule has 5 aliphatic rings. The molecule has 3 heterocycles. The molecule has 2 aliphatic carbocycles. The molecular formula is C38H53N5O9S. The van der Waals surface area contributed by atoms with E-state index in [1.165, 1.54) is 4.90 Å². The molecule has 0 spiro atoms. The van der Waals surface area contributed by atoms with E-state index in [4.69, 9.17) is 9.47 Å². The first-order valence-corrected chi connectivity index (χ1v) is 20.2. The molecule has 53 heavy (non-hydrogen) atoms. The first kappa shape index (κ1) is 38.6. The molecule has 14 nitrogen and oxygen atoms in total. The Kier molecular flexibility index (Phi) is 10.4. The number of sulfonamides is 1. The Hall–Kier alpha value is -4.14. The van der Waals surface area contributed by atoms with Crippen LogP contribution in [0.5, 0.6) is 0 Å². The van der Waals surface area contributed by atoms with Gasteiger partial charge in [-0.15, -0.1) is 0 Å². The van der Waals surface area contributed by atoms with Crippen LogP contribution in [0.25, 0.3) is 6.08 Å². The molecule has 0 radical (unpaired) electrons. The van der Waals surface area contributed by atoms with Crippen molar-refractivity contribution < 1.29 is 41.9 Å². The summed E-state index contributed by atoms with van der Waals surface area (Å²) in [6, 6.07) is 3.61. The molecule has 1 aromatic carbocycles. The summed E-state index contributed by atoms with van der Waals surface area (Å²) >= 11 is 0. The summed E-state index contributed by atoms with van der Waals surface area (Å²) < 4.78 is 39.2. The number of alkyl carbamates (subject to hydrolysis) is 1. The lowest BCUT2D eigenvalue weighted by Gasteiger charge is -2.35. The van der Waals surface area contributed by atoms with E-state index in [-0.39, 0.29) is 37.3 Å². The molecular weight excluding hydrogens is 703 g/mol. The largest absolute Gasteiger partial charge is 0.449 e. The Morgan fingerprint density at radius 2 is 1.83 bits per heavy atom. The molecule has 3 aliphatic heterocycles. The number of carbonyl (C=O) groups is 5. The van der Waals surface area contributed by atoms with Crippen LogP contribution in [0.3, 0.4) is 0 Å². The van der Waals surface area contributed by atoms with Crippen LogP contribution in [-0.4, -0.2) is 90.3 Å². The lowest BCUT2D eigenvalue weighted by Crippen LogP contribution is -2.60. The van der Waals surface area contributed by atoms with Crippen LogP contribution in [0, 0.1) is 16.7 Å². The summed E-state index contributed by atoms with van der Waals surface area (Å²) in [4.78, 5) is 72.0. The summed E-state index contributed by atoms with van der Waals surface area (Å²) in [5, 5.41) is 4.93. The van der Waals surface area contributed by atoms with Gasteiger partial charge in [-0.25, -0.2) is 18.0 Å². The minimum atomic E-state index is -3.88. The molecule has 1 aromatic rings. The minimum Gasteiger partial charge on any atom is -0.449 e. The van der Waals surface area contributed by atoms with Crippen molar-refractivity contribution in [1.82, 2.24) is 25.2 Å². The molecule has 3 fully saturated rings.